The smallest absolute Gasteiger partial charge is 0.149 e. The highest BCUT2D eigenvalue weighted by Crippen LogP contribution is 2.18. The van der Waals surface area contributed by atoms with Crippen LogP contribution in [-0.2, 0) is 0 Å². The average molecular weight is 203 g/mol. The van der Waals surface area contributed by atoms with Gasteiger partial charge in [0.15, 0.2) is 0 Å². The Morgan fingerprint density at radius 1 is 1.07 bits per heavy atom. The Kier molecular flexibility index (Phi) is 2.69. The molecule has 15 heavy (non-hydrogen) atoms. The summed E-state index contributed by atoms with van der Waals surface area (Å²) in [6.45, 7) is 0. The van der Waals surface area contributed by atoms with E-state index in [2.05, 4.69) is 9.97 Å². The molecule has 2 aromatic rings. The molecule has 0 aliphatic rings. The fourth-order valence-electron chi connectivity index (χ4n) is 1.34. The van der Waals surface area contributed by atoms with Crippen molar-refractivity contribution >= 4 is 0 Å². The van der Waals surface area contributed by atoms with Crippen molar-refractivity contribution in [2.75, 3.05) is 0 Å². The third kappa shape index (κ3) is 1.99. The van der Waals surface area contributed by atoms with Crippen molar-refractivity contribution in [3.63, 3.8) is 0 Å². The molecule has 76 valence electrons. The first-order valence-corrected chi connectivity index (χ1v) is 4.56. The average Bonchev–Trinajstić information content (AvgIpc) is 2.30. The van der Waals surface area contributed by atoms with E-state index in [1.165, 1.54) is 6.07 Å². The van der Waals surface area contributed by atoms with Crippen LogP contribution in [0.2, 0.25) is 0 Å². The second-order valence-electron chi connectivity index (χ2n) is 3.11. The van der Waals surface area contributed by atoms with E-state index >= 15 is 0 Å². The summed E-state index contributed by atoms with van der Waals surface area (Å²) in [5.41, 5.74) is 6.26. The van der Waals surface area contributed by atoms with Gasteiger partial charge in [0.1, 0.15) is 11.6 Å². The lowest BCUT2D eigenvalue weighted by Gasteiger charge is -2.10. The van der Waals surface area contributed by atoms with Crippen LogP contribution >= 0.6 is 0 Å². The molecule has 2 rings (SSSR count). The van der Waals surface area contributed by atoms with Gasteiger partial charge >= 0.3 is 0 Å². The van der Waals surface area contributed by atoms with Gasteiger partial charge in [-0.2, -0.15) is 0 Å². The third-order valence-corrected chi connectivity index (χ3v) is 2.10. The number of rotatable bonds is 2. The van der Waals surface area contributed by atoms with Gasteiger partial charge in [0.25, 0.3) is 0 Å². The van der Waals surface area contributed by atoms with Gasteiger partial charge in [-0.15, -0.1) is 0 Å². The zero-order valence-corrected chi connectivity index (χ0v) is 7.97. The summed E-state index contributed by atoms with van der Waals surface area (Å²) < 4.78 is 13.4. The number of nitrogens with two attached hydrogens (primary N) is 1. The van der Waals surface area contributed by atoms with Gasteiger partial charge in [-0.1, -0.05) is 18.2 Å². The van der Waals surface area contributed by atoms with E-state index in [1.807, 2.05) is 0 Å². The van der Waals surface area contributed by atoms with E-state index in [-0.39, 0.29) is 5.82 Å². The molecule has 1 aromatic heterocycles. The van der Waals surface area contributed by atoms with Crippen molar-refractivity contribution in [1.82, 2.24) is 9.97 Å². The fraction of sp³-hybridized carbons (Fsp3) is 0.0909. The molecular weight excluding hydrogens is 193 g/mol. The maximum atomic E-state index is 13.4. The molecule has 2 N–H and O–H groups in total. The molecule has 1 atom stereocenters. The number of nitrogens with zero attached hydrogens (tertiary/aromatic N) is 2. The molecule has 1 aromatic carbocycles. The Labute approximate surface area is 86.8 Å². The van der Waals surface area contributed by atoms with Gasteiger partial charge in [0, 0.05) is 18.0 Å². The minimum absolute atomic E-state index is 0.336. The van der Waals surface area contributed by atoms with E-state index in [0.717, 1.165) is 0 Å². The Balaban J connectivity index is 2.37. The van der Waals surface area contributed by atoms with Crippen LogP contribution in [0.5, 0.6) is 0 Å². The molecule has 0 fully saturated rings. The van der Waals surface area contributed by atoms with Crippen molar-refractivity contribution in [3.8, 4) is 0 Å². The van der Waals surface area contributed by atoms with Crippen molar-refractivity contribution < 1.29 is 4.39 Å². The zero-order chi connectivity index (χ0) is 10.7. The lowest BCUT2D eigenvalue weighted by Crippen LogP contribution is -2.16. The van der Waals surface area contributed by atoms with Crippen LogP contribution in [0.3, 0.4) is 0 Å². The van der Waals surface area contributed by atoms with E-state index in [0.29, 0.717) is 11.4 Å². The van der Waals surface area contributed by atoms with Crippen LogP contribution in [0.4, 0.5) is 4.39 Å². The molecule has 0 radical (unpaired) electrons. The first-order valence-electron chi connectivity index (χ1n) is 4.56. The maximum absolute atomic E-state index is 13.4. The maximum Gasteiger partial charge on any atom is 0.149 e. The first kappa shape index (κ1) is 9.73. The van der Waals surface area contributed by atoms with Crippen LogP contribution in [0.25, 0.3) is 0 Å². The molecule has 4 heteroatoms. The number of hydrogen-bond donors (Lipinski definition) is 1. The normalized spacial score (nSPS) is 12.4. The second kappa shape index (κ2) is 4.14. The number of benzene rings is 1. The van der Waals surface area contributed by atoms with Crippen LogP contribution < -0.4 is 5.73 Å². The van der Waals surface area contributed by atoms with Crippen molar-refractivity contribution in [3.05, 3.63) is 59.9 Å². The molecule has 0 spiro atoms. The summed E-state index contributed by atoms with van der Waals surface area (Å²) in [6.07, 6.45) is 3.17. The SMILES string of the molecule is NC(c1ncccn1)c1ccccc1F. The van der Waals surface area contributed by atoms with Crippen LogP contribution in [0.15, 0.2) is 42.7 Å². The molecule has 1 heterocycles. The lowest BCUT2D eigenvalue weighted by molar-refractivity contribution is 0.593. The zero-order valence-electron chi connectivity index (χ0n) is 7.97. The van der Waals surface area contributed by atoms with Crippen molar-refractivity contribution in [2.24, 2.45) is 5.73 Å². The summed E-state index contributed by atoms with van der Waals surface area (Å²) in [6, 6.07) is 7.44. The standard InChI is InChI=1S/C11H10FN3/c12-9-5-2-1-4-8(9)10(13)11-14-6-3-7-15-11/h1-7,10H,13H2. The third-order valence-electron chi connectivity index (χ3n) is 2.10. The van der Waals surface area contributed by atoms with E-state index in [1.54, 1.807) is 36.7 Å². The van der Waals surface area contributed by atoms with Gasteiger partial charge in [-0.05, 0) is 12.1 Å². The van der Waals surface area contributed by atoms with E-state index in [9.17, 15) is 4.39 Å². The summed E-state index contributed by atoms with van der Waals surface area (Å²) in [7, 11) is 0. The molecule has 0 amide bonds. The van der Waals surface area contributed by atoms with Crippen LogP contribution in [0, 0.1) is 5.82 Å². The lowest BCUT2D eigenvalue weighted by atomic mass is 10.1. The largest absolute Gasteiger partial charge is 0.318 e. The van der Waals surface area contributed by atoms with Crippen LogP contribution in [0.1, 0.15) is 17.4 Å². The molecular formula is C11H10FN3. The highest BCUT2D eigenvalue weighted by molar-refractivity contribution is 5.25. The molecule has 0 aliphatic carbocycles. The highest BCUT2D eigenvalue weighted by atomic mass is 19.1. The summed E-state index contributed by atoms with van der Waals surface area (Å²) >= 11 is 0. The number of hydrogen-bond acceptors (Lipinski definition) is 3. The topological polar surface area (TPSA) is 51.8 Å². The molecule has 0 aliphatic heterocycles. The molecule has 1 unspecified atom stereocenters. The Hall–Kier alpha value is -1.81. The molecule has 0 saturated carbocycles. The Bertz CT molecular complexity index is 445. The highest BCUT2D eigenvalue weighted by Gasteiger charge is 2.14. The molecule has 0 saturated heterocycles. The predicted molar refractivity (Wildman–Crippen MR) is 54.5 cm³/mol. The minimum Gasteiger partial charge on any atom is -0.318 e. The summed E-state index contributed by atoms with van der Waals surface area (Å²) in [5, 5.41) is 0. The quantitative estimate of drug-likeness (QED) is 0.807. The summed E-state index contributed by atoms with van der Waals surface area (Å²) in [5.74, 6) is 0.0834. The van der Waals surface area contributed by atoms with Gasteiger partial charge in [0.05, 0.1) is 6.04 Å². The minimum atomic E-state index is -0.618. The number of aromatic nitrogens is 2. The second-order valence-corrected chi connectivity index (χ2v) is 3.11. The van der Waals surface area contributed by atoms with E-state index in [4.69, 9.17) is 5.73 Å². The first-order chi connectivity index (χ1) is 7.29. The Morgan fingerprint density at radius 2 is 1.73 bits per heavy atom. The number of halogens is 1. The van der Waals surface area contributed by atoms with Gasteiger partial charge in [-0.25, -0.2) is 14.4 Å². The van der Waals surface area contributed by atoms with Crippen molar-refractivity contribution in [2.45, 2.75) is 6.04 Å². The van der Waals surface area contributed by atoms with Gasteiger partial charge in [-0.3, -0.25) is 0 Å². The molecule has 0 bridgehead atoms. The van der Waals surface area contributed by atoms with Gasteiger partial charge in [0.2, 0.25) is 0 Å². The Morgan fingerprint density at radius 3 is 2.40 bits per heavy atom. The van der Waals surface area contributed by atoms with Crippen molar-refractivity contribution in [1.29, 1.82) is 0 Å². The van der Waals surface area contributed by atoms with Gasteiger partial charge < -0.3 is 5.73 Å². The monoisotopic (exact) mass is 203 g/mol. The van der Waals surface area contributed by atoms with Crippen LogP contribution in [-0.4, -0.2) is 9.97 Å². The predicted octanol–water partition coefficient (Wildman–Crippen LogP) is 1.66. The van der Waals surface area contributed by atoms with E-state index < -0.39 is 6.04 Å². The summed E-state index contributed by atoms with van der Waals surface area (Å²) in [4.78, 5) is 7.99. The fourth-order valence-corrected chi connectivity index (χ4v) is 1.34. The molecule has 3 nitrogen and oxygen atoms in total.